The molecule has 1 aliphatic heterocycles. The molecule has 0 radical (unpaired) electrons. The van der Waals surface area contributed by atoms with Crippen molar-refractivity contribution in [2.75, 3.05) is 45.0 Å². The van der Waals surface area contributed by atoms with Crippen molar-refractivity contribution in [3.8, 4) is 0 Å². The van der Waals surface area contributed by atoms with Crippen LogP contribution in [-0.2, 0) is 4.74 Å². The van der Waals surface area contributed by atoms with Crippen LogP contribution in [0.3, 0.4) is 0 Å². The van der Waals surface area contributed by atoms with Gasteiger partial charge in [0.05, 0.1) is 19.8 Å². The third-order valence-electron chi connectivity index (χ3n) is 1.93. The van der Waals surface area contributed by atoms with E-state index in [1.165, 1.54) is 0 Å². The molecule has 0 amide bonds. The maximum Gasteiger partial charge on any atom is 0.0697 e. The van der Waals surface area contributed by atoms with Crippen molar-refractivity contribution in [2.24, 2.45) is 5.92 Å². The number of ether oxygens (including phenoxy) is 1. The smallest absolute Gasteiger partial charge is 0.0697 e. The lowest BCUT2D eigenvalue weighted by Gasteiger charge is -2.38. The summed E-state index contributed by atoms with van der Waals surface area (Å²) in [6.45, 7) is 3.75. The van der Waals surface area contributed by atoms with E-state index in [-0.39, 0.29) is 6.61 Å². The SMILES string of the molecule is CSCN1CC(COCCO)C1. The van der Waals surface area contributed by atoms with Crippen molar-refractivity contribution in [3.63, 3.8) is 0 Å². The van der Waals surface area contributed by atoms with Gasteiger partial charge in [-0.05, 0) is 6.26 Å². The van der Waals surface area contributed by atoms with Crippen molar-refractivity contribution < 1.29 is 9.84 Å². The second kappa shape index (κ2) is 5.80. The summed E-state index contributed by atoms with van der Waals surface area (Å²) in [7, 11) is 0. The first-order valence-electron chi connectivity index (χ1n) is 4.26. The van der Waals surface area contributed by atoms with E-state index in [2.05, 4.69) is 11.2 Å². The van der Waals surface area contributed by atoms with Crippen LogP contribution in [0.25, 0.3) is 0 Å². The highest BCUT2D eigenvalue weighted by Crippen LogP contribution is 2.17. The number of hydrogen-bond donors (Lipinski definition) is 1. The highest BCUT2D eigenvalue weighted by molar-refractivity contribution is 7.98. The van der Waals surface area contributed by atoms with Gasteiger partial charge < -0.3 is 9.84 Å². The average molecular weight is 191 g/mol. The highest BCUT2D eigenvalue weighted by Gasteiger charge is 2.25. The second-order valence-corrected chi connectivity index (χ2v) is 3.95. The van der Waals surface area contributed by atoms with Crippen LogP contribution in [0, 0.1) is 5.92 Å². The first-order valence-corrected chi connectivity index (χ1v) is 5.66. The predicted molar refractivity (Wildman–Crippen MR) is 51.3 cm³/mol. The number of aliphatic hydroxyl groups is 1. The molecule has 1 aliphatic rings. The van der Waals surface area contributed by atoms with E-state index >= 15 is 0 Å². The van der Waals surface area contributed by atoms with Gasteiger partial charge in [0.2, 0.25) is 0 Å². The summed E-state index contributed by atoms with van der Waals surface area (Å²) >= 11 is 1.86. The van der Waals surface area contributed by atoms with E-state index in [9.17, 15) is 0 Å². The van der Waals surface area contributed by atoms with Crippen LogP contribution >= 0.6 is 11.8 Å². The topological polar surface area (TPSA) is 32.7 Å². The molecule has 4 heteroatoms. The first kappa shape index (κ1) is 10.3. The number of rotatable bonds is 6. The zero-order chi connectivity index (χ0) is 8.81. The highest BCUT2D eigenvalue weighted by atomic mass is 32.2. The fourth-order valence-corrected chi connectivity index (χ4v) is 1.96. The van der Waals surface area contributed by atoms with E-state index in [0.717, 1.165) is 25.6 Å². The van der Waals surface area contributed by atoms with Crippen LogP contribution < -0.4 is 0 Å². The van der Waals surface area contributed by atoms with Crippen LogP contribution in [0.4, 0.5) is 0 Å². The maximum absolute atomic E-state index is 8.47. The fourth-order valence-electron chi connectivity index (χ4n) is 1.38. The van der Waals surface area contributed by atoms with E-state index in [1.807, 2.05) is 11.8 Å². The number of nitrogens with zero attached hydrogens (tertiary/aromatic N) is 1. The third-order valence-corrected chi connectivity index (χ3v) is 2.56. The van der Waals surface area contributed by atoms with E-state index in [4.69, 9.17) is 9.84 Å². The normalized spacial score (nSPS) is 19.5. The lowest BCUT2D eigenvalue weighted by Crippen LogP contribution is -2.48. The molecule has 0 spiro atoms. The molecule has 0 aromatic carbocycles. The van der Waals surface area contributed by atoms with Crippen LogP contribution in [0.2, 0.25) is 0 Å². The average Bonchev–Trinajstić information content (AvgIpc) is 2.00. The zero-order valence-corrected chi connectivity index (χ0v) is 8.35. The van der Waals surface area contributed by atoms with Gasteiger partial charge in [0.1, 0.15) is 0 Å². The van der Waals surface area contributed by atoms with Gasteiger partial charge in [0, 0.05) is 24.9 Å². The summed E-state index contributed by atoms with van der Waals surface area (Å²) in [5.41, 5.74) is 0. The van der Waals surface area contributed by atoms with Crippen LogP contribution in [0.15, 0.2) is 0 Å². The number of aliphatic hydroxyl groups excluding tert-OH is 1. The monoisotopic (exact) mass is 191 g/mol. The number of thioether (sulfide) groups is 1. The number of likely N-dealkylation sites (tertiary alicyclic amines) is 1. The zero-order valence-electron chi connectivity index (χ0n) is 7.53. The molecule has 1 N–H and O–H groups in total. The summed E-state index contributed by atoms with van der Waals surface area (Å²) in [6.07, 6.45) is 2.12. The summed E-state index contributed by atoms with van der Waals surface area (Å²) in [5, 5.41) is 8.47. The summed E-state index contributed by atoms with van der Waals surface area (Å²) in [5.74, 6) is 1.83. The van der Waals surface area contributed by atoms with Gasteiger partial charge in [-0.3, -0.25) is 4.90 Å². The Hall–Kier alpha value is 0.230. The van der Waals surface area contributed by atoms with Crippen molar-refractivity contribution >= 4 is 11.8 Å². The molecule has 0 saturated carbocycles. The molecule has 1 saturated heterocycles. The van der Waals surface area contributed by atoms with Gasteiger partial charge in [0.25, 0.3) is 0 Å². The molecule has 0 aromatic heterocycles. The summed E-state index contributed by atoms with van der Waals surface area (Å²) in [4.78, 5) is 2.40. The minimum atomic E-state index is 0.140. The van der Waals surface area contributed by atoms with Crippen molar-refractivity contribution in [1.29, 1.82) is 0 Å². The molecule has 0 aromatic rings. The van der Waals surface area contributed by atoms with Crippen molar-refractivity contribution in [2.45, 2.75) is 0 Å². The molecular formula is C8H17NO2S. The van der Waals surface area contributed by atoms with Gasteiger partial charge >= 0.3 is 0 Å². The Morgan fingerprint density at radius 3 is 2.92 bits per heavy atom. The molecule has 0 unspecified atom stereocenters. The molecule has 12 heavy (non-hydrogen) atoms. The predicted octanol–water partition coefficient (Wildman–Crippen LogP) is 0.248. The first-order chi connectivity index (χ1) is 5.86. The minimum Gasteiger partial charge on any atom is -0.394 e. The van der Waals surface area contributed by atoms with Gasteiger partial charge in [0.15, 0.2) is 0 Å². The summed E-state index contributed by atoms with van der Waals surface area (Å²) in [6, 6.07) is 0. The maximum atomic E-state index is 8.47. The Labute approximate surface area is 78.1 Å². The molecule has 1 heterocycles. The van der Waals surface area contributed by atoms with Gasteiger partial charge in [-0.2, -0.15) is 0 Å². The molecule has 1 rings (SSSR count). The summed E-state index contributed by atoms with van der Waals surface area (Å²) < 4.78 is 5.23. The van der Waals surface area contributed by atoms with Crippen molar-refractivity contribution in [1.82, 2.24) is 4.90 Å². The molecule has 3 nitrogen and oxygen atoms in total. The lowest BCUT2D eigenvalue weighted by atomic mass is 10.0. The van der Waals surface area contributed by atoms with Crippen LogP contribution in [0.1, 0.15) is 0 Å². The van der Waals surface area contributed by atoms with Crippen molar-refractivity contribution in [3.05, 3.63) is 0 Å². The Bertz CT molecular complexity index is 115. The van der Waals surface area contributed by atoms with E-state index < -0.39 is 0 Å². The lowest BCUT2D eigenvalue weighted by molar-refractivity contribution is 0.0122. The molecule has 0 atom stereocenters. The minimum absolute atomic E-state index is 0.140. The molecule has 0 aliphatic carbocycles. The Kier molecular flexibility index (Phi) is 4.99. The molecular weight excluding hydrogens is 174 g/mol. The van der Waals surface area contributed by atoms with E-state index in [1.54, 1.807) is 0 Å². The fraction of sp³-hybridized carbons (Fsp3) is 1.00. The van der Waals surface area contributed by atoms with Gasteiger partial charge in [-0.25, -0.2) is 0 Å². The quantitative estimate of drug-likeness (QED) is 0.610. The number of hydrogen-bond acceptors (Lipinski definition) is 4. The van der Waals surface area contributed by atoms with Crippen LogP contribution in [-0.4, -0.2) is 55.0 Å². The van der Waals surface area contributed by atoms with E-state index in [0.29, 0.717) is 12.5 Å². The van der Waals surface area contributed by atoms with Crippen LogP contribution in [0.5, 0.6) is 0 Å². The second-order valence-electron chi connectivity index (χ2n) is 3.12. The molecule has 72 valence electrons. The molecule has 0 bridgehead atoms. The standard InChI is InChI=1S/C8H17NO2S/c1-12-7-9-4-8(5-9)6-11-3-2-10/h8,10H,2-7H2,1H3. The third kappa shape index (κ3) is 3.31. The largest absolute Gasteiger partial charge is 0.394 e. The Balaban J connectivity index is 1.88. The van der Waals surface area contributed by atoms with Gasteiger partial charge in [-0.1, -0.05) is 0 Å². The van der Waals surface area contributed by atoms with Gasteiger partial charge in [-0.15, -0.1) is 11.8 Å². The molecule has 1 fully saturated rings. The Morgan fingerprint density at radius 1 is 1.58 bits per heavy atom. The Morgan fingerprint density at radius 2 is 2.33 bits per heavy atom.